The normalized spacial score (nSPS) is 18.1. The minimum atomic E-state index is -2.81. The number of para-hydroxylation sites is 1. The molecular weight excluding hydrogens is 224 g/mol. The second-order valence-electron chi connectivity index (χ2n) is 4.35. The predicted molar refractivity (Wildman–Crippen MR) is 62.5 cm³/mol. The number of methoxy groups -OCH3 is 1. The zero-order valence-corrected chi connectivity index (χ0v) is 9.88. The summed E-state index contributed by atoms with van der Waals surface area (Å²) in [7, 11) is 1.43. The van der Waals surface area contributed by atoms with Crippen LogP contribution >= 0.6 is 0 Å². The molecule has 17 heavy (non-hydrogen) atoms. The number of rotatable bonds is 3. The summed E-state index contributed by atoms with van der Waals surface area (Å²) in [5, 5.41) is 3.10. The molecule has 0 atom stereocenters. The lowest BCUT2D eigenvalue weighted by Gasteiger charge is -2.31. The molecule has 4 heteroatoms. The Morgan fingerprint density at radius 3 is 2.53 bits per heavy atom. The van der Waals surface area contributed by atoms with Crippen molar-refractivity contribution < 1.29 is 13.5 Å². The van der Waals surface area contributed by atoms with Gasteiger partial charge in [-0.3, -0.25) is 0 Å². The van der Waals surface area contributed by atoms with Gasteiger partial charge in [0.05, 0.1) is 12.7 Å². The van der Waals surface area contributed by atoms with Crippen LogP contribution in [0.4, 0.5) is 8.78 Å². The SMILES string of the molecule is COc1ccccc1C(F)(F)C1CCNCC1. The lowest BCUT2D eigenvalue weighted by molar-refractivity contribution is -0.0767. The van der Waals surface area contributed by atoms with Crippen molar-refractivity contribution in [3.05, 3.63) is 29.8 Å². The Kier molecular flexibility index (Phi) is 3.62. The zero-order chi connectivity index (χ0) is 12.3. The lowest BCUT2D eigenvalue weighted by Crippen LogP contribution is -2.36. The van der Waals surface area contributed by atoms with Crippen LogP contribution in [0.5, 0.6) is 5.75 Å². The number of hydrogen-bond acceptors (Lipinski definition) is 2. The van der Waals surface area contributed by atoms with Gasteiger partial charge in [-0.25, -0.2) is 8.78 Å². The van der Waals surface area contributed by atoms with Crippen LogP contribution in [0.15, 0.2) is 24.3 Å². The van der Waals surface area contributed by atoms with E-state index in [0.29, 0.717) is 25.9 Å². The first kappa shape index (κ1) is 12.3. The number of ether oxygens (including phenoxy) is 1. The fourth-order valence-corrected chi connectivity index (χ4v) is 2.32. The summed E-state index contributed by atoms with van der Waals surface area (Å²) in [4.78, 5) is 0. The minimum absolute atomic E-state index is 0.00870. The van der Waals surface area contributed by atoms with Crippen LogP contribution in [0, 0.1) is 5.92 Å². The number of piperidine rings is 1. The Bertz CT molecular complexity index is 375. The number of nitrogens with one attached hydrogen (secondary N) is 1. The quantitative estimate of drug-likeness (QED) is 0.878. The first-order chi connectivity index (χ1) is 8.16. The maximum absolute atomic E-state index is 14.4. The highest BCUT2D eigenvalue weighted by Gasteiger charge is 2.43. The highest BCUT2D eigenvalue weighted by Crippen LogP contribution is 2.43. The molecule has 0 aromatic heterocycles. The second-order valence-corrected chi connectivity index (χ2v) is 4.35. The van der Waals surface area contributed by atoms with Crippen LogP contribution in [0.1, 0.15) is 18.4 Å². The van der Waals surface area contributed by atoms with Gasteiger partial charge in [0.2, 0.25) is 0 Å². The van der Waals surface area contributed by atoms with Gasteiger partial charge in [-0.1, -0.05) is 12.1 Å². The van der Waals surface area contributed by atoms with Gasteiger partial charge in [0.25, 0.3) is 5.92 Å². The van der Waals surface area contributed by atoms with E-state index in [1.807, 2.05) is 0 Å². The minimum Gasteiger partial charge on any atom is -0.496 e. The summed E-state index contributed by atoms with van der Waals surface area (Å²) in [6, 6.07) is 6.39. The lowest BCUT2D eigenvalue weighted by atomic mass is 9.87. The summed E-state index contributed by atoms with van der Waals surface area (Å²) < 4.78 is 33.8. The molecule has 1 heterocycles. The summed E-state index contributed by atoms with van der Waals surface area (Å²) in [5.41, 5.74) is 0.00870. The second kappa shape index (κ2) is 5.00. The maximum Gasteiger partial charge on any atom is 0.279 e. The molecule has 94 valence electrons. The van der Waals surface area contributed by atoms with E-state index >= 15 is 0 Å². The Hall–Kier alpha value is -1.16. The van der Waals surface area contributed by atoms with E-state index in [4.69, 9.17) is 4.74 Å². The first-order valence-electron chi connectivity index (χ1n) is 5.88. The monoisotopic (exact) mass is 241 g/mol. The van der Waals surface area contributed by atoms with Gasteiger partial charge in [0.1, 0.15) is 5.75 Å². The molecule has 1 aromatic carbocycles. The molecule has 1 N–H and O–H groups in total. The van der Waals surface area contributed by atoms with Gasteiger partial charge in [0, 0.05) is 5.92 Å². The van der Waals surface area contributed by atoms with Gasteiger partial charge in [-0.15, -0.1) is 0 Å². The summed E-state index contributed by atoms with van der Waals surface area (Å²) >= 11 is 0. The van der Waals surface area contributed by atoms with Crippen molar-refractivity contribution in [2.75, 3.05) is 20.2 Å². The Balaban J connectivity index is 2.29. The van der Waals surface area contributed by atoms with Crippen molar-refractivity contribution >= 4 is 0 Å². The molecule has 0 saturated carbocycles. The number of alkyl halides is 2. The van der Waals surface area contributed by atoms with Crippen molar-refractivity contribution in [3.63, 3.8) is 0 Å². The van der Waals surface area contributed by atoms with Crippen molar-refractivity contribution in [2.24, 2.45) is 5.92 Å². The molecule has 0 unspecified atom stereocenters. The Morgan fingerprint density at radius 2 is 1.88 bits per heavy atom. The highest BCUT2D eigenvalue weighted by molar-refractivity contribution is 5.37. The van der Waals surface area contributed by atoms with E-state index < -0.39 is 11.8 Å². The van der Waals surface area contributed by atoms with E-state index in [1.54, 1.807) is 18.2 Å². The zero-order valence-electron chi connectivity index (χ0n) is 9.88. The molecule has 0 amide bonds. The van der Waals surface area contributed by atoms with Crippen LogP contribution in [-0.2, 0) is 5.92 Å². The van der Waals surface area contributed by atoms with E-state index in [0.717, 1.165) is 0 Å². The molecular formula is C13H17F2NO. The van der Waals surface area contributed by atoms with E-state index in [2.05, 4.69) is 5.32 Å². The fraction of sp³-hybridized carbons (Fsp3) is 0.538. The molecule has 2 rings (SSSR count). The molecule has 1 aliphatic rings. The van der Waals surface area contributed by atoms with Crippen LogP contribution < -0.4 is 10.1 Å². The standard InChI is InChI=1S/C13H17F2NO/c1-17-12-5-3-2-4-11(12)13(14,15)10-6-8-16-9-7-10/h2-5,10,16H,6-9H2,1H3. The van der Waals surface area contributed by atoms with E-state index in [1.165, 1.54) is 13.2 Å². The van der Waals surface area contributed by atoms with Crippen LogP contribution in [0.25, 0.3) is 0 Å². The molecule has 0 aliphatic carbocycles. The maximum atomic E-state index is 14.4. The summed E-state index contributed by atoms with van der Waals surface area (Å²) in [5.74, 6) is -3.13. The van der Waals surface area contributed by atoms with Crippen molar-refractivity contribution in [1.82, 2.24) is 5.32 Å². The predicted octanol–water partition coefficient (Wildman–Crippen LogP) is 2.79. The van der Waals surface area contributed by atoms with E-state index in [-0.39, 0.29) is 11.3 Å². The smallest absolute Gasteiger partial charge is 0.279 e. The molecule has 0 spiro atoms. The van der Waals surface area contributed by atoms with Crippen molar-refractivity contribution in [2.45, 2.75) is 18.8 Å². The number of halogens is 2. The summed E-state index contributed by atoms with van der Waals surface area (Å²) in [6.07, 6.45) is 1.01. The Labute approximate surface area is 100.0 Å². The topological polar surface area (TPSA) is 21.3 Å². The van der Waals surface area contributed by atoms with Crippen LogP contribution in [0.2, 0.25) is 0 Å². The third-order valence-corrected chi connectivity index (χ3v) is 3.32. The fourth-order valence-electron chi connectivity index (χ4n) is 2.32. The average Bonchev–Trinajstić information content (AvgIpc) is 2.39. The molecule has 1 saturated heterocycles. The molecule has 1 aliphatic heterocycles. The van der Waals surface area contributed by atoms with Gasteiger partial charge in [-0.2, -0.15) is 0 Å². The van der Waals surface area contributed by atoms with E-state index in [9.17, 15) is 8.78 Å². The largest absolute Gasteiger partial charge is 0.496 e. The molecule has 1 fully saturated rings. The number of hydrogen-bond donors (Lipinski definition) is 1. The first-order valence-corrected chi connectivity index (χ1v) is 5.88. The third kappa shape index (κ3) is 2.41. The summed E-state index contributed by atoms with van der Waals surface area (Å²) in [6.45, 7) is 1.32. The molecule has 2 nitrogen and oxygen atoms in total. The molecule has 1 aromatic rings. The Morgan fingerprint density at radius 1 is 1.24 bits per heavy atom. The van der Waals surface area contributed by atoms with Crippen molar-refractivity contribution in [1.29, 1.82) is 0 Å². The van der Waals surface area contributed by atoms with Crippen molar-refractivity contribution in [3.8, 4) is 5.75 Å². The average molecular weight is 241 g/mol. The van der Waals surface area contributed by atoms with Crippen LogP contribution in [0.3, 0.4) is 0 Å². The van der Waals surface area contributed by atoms with Gasteiger partial charge in [0.15, 0.2) is 0 Å². The van der Waals surface area contributed by atoms with Gasteiger partial charge >= 0.3 is 0 Å². The molecule has 0 bridgehead atoms. The third-order valence-electron chi connectivity index (χ3n) is 3.32. The highest BCUT2D eigenvalue weighted by atomic mass is 19.3. The van der Waals surface area contributed by atoms with Gasteiger partial charge in [-0.05, 0) is 38.1 Å². The van der Waals surface area contributed by atoms with Crippen LogP contribution in [-0.4, -0.2) is 20.2 Å². The van der Waals surface area contributed by atoms with Gasteiger partial charge < -0.3 is 10.1 Å². The number of benzene rings is 1. The molecule has 0 radical (unpaired) electrons.